The van der Waals surface area contributed by atoms with Gasteiger partial charge in [-0.1, -0.05) is 31.2 Å². The van der Waals surface area contributed by atoms with Gasteiger partial charge < -0.3 is 10.2 Å². The van der Waals surface area contributed by atoms with E-state index in [9.17, 15) is 17.6 Å². The third kappa shape index (κ3) is 6.93. The average Bonchev–Trinajstić information content (AvgIpc) is 2.77. The molecule has 180 valence electrons. The highest BCUT2D eigenvalue weighted by atomic mass is 32.2. The molecule has 33 heavy (non-hydrogen) atoms. The molecule has 2 aromatic carbocycles. The lowest BCUT2D eigenvalue weighted by Gasteiger charge is -2.33. The van der Waals surface area contributed by atoms with E-state index < -0.39 is 15.8 Å². The van der Waals surface area contributed by atoms with Crippen molar-refractivity contribution >= 4 is 27.3 Å². The van der Waals surface area contributed by atoms with Gasteiger partial charge in [-0.05, 0) is 61.9 Å². The molecule has 0 unspecified atom stereocenters. The highest BCUT2D eigenvalue weighted by molar-refractivity contribution is 7.92. The number of hydrogen-bond donors (Lipinski definition) is 1. The molecule has 0 radical (unpaired) electrons. The van der Waals surface area contributed by atoms with Crippen LogP contribution in [-0.4, -0.2) is 40.2 Å². The van der Waals surface area contributed by atoms with Crippen LogP contribution in [0.15, 0.2) is 48.5 Å². The summed E-state index contributed by atoms with van der Waals surface area (Å²) in [7, 11) is -3.66. The third-order valence-electron chi connectivity index (χ3n) is 6.08. The van der Waals surface area contributed by atoms with Crippen molar-refractivity contribution in [2.75, 3.05) is 35.1 Å². The predicted octanol–water partition coefficient (Wildman–Crippen LogP) is 4.49. The van der Waals surface area contributed by atoms with E-state index in [1.54, 1.807) is 6.07 Å². The lowest BCUT2D eigenvalue weighted by Crippen LogP contribution is -2.34. The summed E-state index contributed by atoms with van der Waals surface area (Å²) >= 11 is 0. The van der Waals surface area contributed by atoms with Crippen molar-refractivity contribution < 1.29 is 17.6 Å². The van der Waals surface area contributed by atoms with Gasteiger partial charge in [-0.25, -0.2) is 12.8 Å². The largest absolute Gasteiger partial charge is 0.371 e. The summed E-state index contributed by atoms with van der Waals surface area (Å²) in [6, 6.07) is 13.9. The van der Waals surface area contributed by atoms with Gasteiger partial charge in [0.05, 0.1) is 18.0 Å². The van der Waals surface area contributed by atoms with Gasteiger partial charge >= 0.3 is 0 Å². The van der Waals surface area contributed by atoms with Crippen LogP contribution in [0.25, 0.3) is 0 Å². The predicted molar refractivity (Wildman–Crippen MR) is 131 cm³/mol. The molecule has 2 aromatic rings. The zero-order chi connectivity index (χ0) is 24.0. The molecule has 0 bridgehead atoms. The fourth-order valence-electron chi connectivity index (χ4n) is 4.30. The molecule has 1 fully saturated rings. The SMILES string of the molecule is C[C@@H]1CCCN(c2ccc([C@H](C)NC(=O)CCCN(c3ccccc3F)S(C)(=O)=O)cc2)C1. The molecule has 0 aromatic heterocycles. The number of sulfonamides is 1. The minimum absolute atomic E-state index is 0.00281. The highest BCUT2D eigenvalue weighted by Crippen LogP contribution is 2.25. The zero-order valence-corrected chi connectivity index (χ0v) is 20.4. The Balaban J connectivity index is 1.52. The quantitative estimate of drug-likeness (QED) is 0.580. The molecule has 1 aliphatic rings. The number of para-hydroxylation sites is 1. The second kappa shape index (κ2) is 11.0. The number of anilines is 2. The smallest absolute Gasteiger partial charge is 0.232 e. The highest BCUT2D eigenvalue weighted by Gasteiger charge is 2.21. The van der Waals surface area contributed by atoms with Gasteiger partial charge in [-0.3, -0.25) is 9.10 Å². The van der Waals surface area contributed by atoms with E-state index in [0.717, 1.165) is 29.2 Å². The molecular formula is C25H34FN3O3S. The molecule has 0 aliphatic carbocycles. The van der Waals surface area contributed by atoms with E-state index in [0.29, 0.717) is 5.92 Å². The summed E-state index contributed by atoms with van der Waals surface area (Å²) in [6.07, 6.45) is 3.96. The summed E-state index contributed by atoms with van der Waals surface area (Å²) < 4.78 is 39.4. The van der Waals surface area contributed by atoms with Crippen LogP contribution in [0.2, 0.25) is 0 Å². The first-order chi connectivity index (χ1) is 15.6. The number of nitrogens with one attached hydrogen (secondary N) is 1. The van der Waals surface area contributed by atoms with Crippen LogP contribution < -0.4 is 14.5 Å². The minimum Gasteiger partial charge on any atom is -0.371 e. The standard InChI is InChI=1S/C25H34FN3O3S/c1-19-8-6-16-28(18-19)22-14-12-21(13-15-22)20(2)27-25(30)11-7-17-29(33(3,31)32)24-10-5-4-9-23(24)26/h4-5,9-10,12-15,19-20H,6-8,11,16-18H2,1-3H3,(H,27,30)/t19-,20+/m1/s1. The van der Waals surface area contributed by atoms with E-state index >= 15 is 0 Å². The Morgan fingerprint density at radius 3 is 2.55 bits per heavy atom. The minimum atomic E-state index is -3.66. The third-order valence-corrected chi connectivity index (χ3v) is 7.26. The maximum absolute atomic E-state index is 14.1. The van der Waals surface area contributed by atoms with Crippen LogP contribution in [0.5, 0.6) is 0 Å². The molecule has 6 nitrogen and oxygen atoms in total. The summed E-state index contributed by atoms with van der Waals surface area (Å²) in [4.78, 5) is 14.9. The lowest BCUT2D eigenvalue weighted by molar-refractivity contribution is -0.121. The van der Waals surface area contributed by atoms with Gasteiger partial charge in [-0.15, -0.1) is 0 Å². The van der Waals surface area contributed by atoms with Crippen molar-refractivity contribution in [2.45, 2.75) is 45.6 Å². The molecular weight excluding hydrogens is 441 g/mol. The fourth-order valence-corrected chi connectivity index (χ4v) is 5.26. The zero-order valence-electron chi connectivity index (χ0n) is 19.6. The lowest BCUT2D eigenvalue weighted by atomic mass is 9.99. The number of carbonyl (C=O) groups excluding carboxylic acids is 1. The van der Waals surface area contributed by atoms with Crippen molar-refractivity contribution in [1.29, 1.82) is 0 Å². The van der Waals surface area contributed by atoms with Crippen molar-refractivity contribution in [3.05, 3.63) is 59.9 Å². The molecule has 1 N–H and O–H groups in total. The second-order valence-electron chi connectivity index (χ2n) is 8.96. The normalized spacial score (nSPS) is 17.5. The fraction of sp³-hybridized carbons (Fsp3) is 0.480. The molecule has 1 saturated heterocycles. The molecule has 1 amide bonds. The van der Waals surface area contributed by atoms with E-state index in [4.69, 9.17) is 0 Å². The van der Waals surface area contributed by atoms with Crippen molar-refractivity contribution in [3.63, 3.8) is 0 Å². The second-order valence-corrected chi connectivity index (χ2v) is 10.9. The first-order valence-electron chi connectivity index (χ1n) is 11.5. The van der Waals surface area contributed by atoms with Crippen molar-refractivity contribution in [2.24, 2.45) is 5.92 Å². The van der Waals surface area contributed by atoms with Gasteiger partial charge in [0.15, 0.2) is 0 Å². The number of piperidine rings is 1. The molecule has 1 aliphatic heterocycles. The molecule has 2 atom stereocenters. The number of nitrogens with zero attached hydrogens (tertiary/aromatic N) is 2. The van der Waals surface area contributed by atoms with Gasteiger partial charge in [0, 0.05) is 31.7 Å². The summed E-state index contributed by atoms with van der Waals surface area (Å²) in [5.74, 6) is -0.0736. The number of amides is 1. The number of halogens is 1. The molecule has 8 heteroatoms. The van der Waals surface area contributed by atoms with E-state index in [1.165, 1.54) is 36.7 Å². The van der Waals surface area contributed by atoms with E-state index in [-0.39, 0.29) is 37.0 Å². The van der Waals surface area contributed by atoms with Crippen LogP contribution in [-0.2, 0) is 14.8 Å². The van der Waals surface area contributed by atoms with Crippen molar-refractivity contribution in [3.8, 4) is 0 Å². The van der Waals surface area contributed by atoms with Crippen LogP contribution in [0, 0.1) is 11.7 Å². The molecule has 0 saturated carbocycles. The van der Waals surface area contributed by atoms with Crippen LogP contribution in [0.1, 0.15) is 51.1 Å². The van der Waals surface area contributed by atoms with Gasteiger partial charge in [0.25, 0.3) is 0 Å². The Labute approximate surface area is 196 Å². The Bertz CT molecular complexity index is 1040. The Morgan fingerprint density at radius 1 is 1.21 bits per heavy atom. The van der Waals surface area contributed by atoms with Gasteiger partial charge in [0.2, 0.25) is 15.9 Å². The van der Waals surface area contributed by atoms with Crippen LogP contribution in [0.3, 0.4) is 0 Å². The molecule has 3 rings (SSSR count). The topological polar surface area (TPSA) is 69.7 Å². The first-order valence-corrected chi connectivity index (χ1v) is 13.4. The van der Waals surface area contributed by atoms with Gasteiger partial charge in [-0.2, -0.15) is 0 Å². The van der Waals surface area contributed by atoms with E-state index in [1.807, 2.05) is 19.1 Å². The number of benzene rings is 2. The Morgan fingerprint density at radius 2 is 1.91 bits per heavy atom. The summed E-state index contributed by atoms with van der Waals surface area (Å²) in [5, 5.41) is 2.97. The van der Waals surface area contributed by atoms with E-state index in [2.05, 4.69) is 29.3 Å². The number of carbonyl (C=O) groups is 1. The van der Waals surface area contributed by atoms with Crippen molar-refractivity contribution in [1.82, 2.24) is 5.32 Å². The average molecular weight is 476 g/mol. The molecule has 1 heterocycles. The summed E-state index contributed by atoms with van der Waals surface area (Å²) in [6.45, 7) is 6.39. The Kier molecular flexibility index (Phi) is 8.35. The van der Waals surface area contributed by atoms with Crippen LogP contribution in [0.4, 0.5) is 15.8 Å². The van der Waals surface area contributed by atoms with Gasteiger partial charge in [0.1, 0.15) is 5.82 Å². The first kappa shape index (κ1) is 25.0. The maximum Gasteiger partial charge on any atom is 0.232 e. The number of hydrogen-bond acceptors (Lipinski definition) is 4. The number of rotatable bonds is 9. The maximum atomic E-state index is 14.1. The monoisotopic (exact) mass is 475 g/mol. The Hall–Kier alpha value is -2.61. The molecule has 0 spiro atoms. The van der Waals surface area contributed by atoms with Crippen LogP contribution >= 0.6 is 0 Å². The summed E-state index contributed by atoms with van der Waals surface area (Å²) in [5.41, 5.74) is 2.22.